The first-order valence-corrected chi connectivity index (χ1v) is 14.0. The number of nitrogens with zero attached hydrogens (tertiary/aromatic N) is 1. The molecule has 0 saturated heterocycles. The molecule has 2 bridgehead atoms. The highest BCUT2D eigenvalue weighted by Crippen LogP contribution is 2.66. The first kappa shape index (κ1) is 23.0. The molecule has 0 heterocycles. The van der Waals surface area contributed by atoms with E-state index in [4.69, 9.17) is 0 Å². The number of fused-ring (bicyclic) bond motifs is 2. The molecule has 4 aliphatic rings. The molecule has 0 aromatic rings. The maximum Gasteiger partial charge on any atom is 0.215 e. The third-order valence-corrected chi connectivity index (χ3v) is 12.2. The van der Waals surface area contributed by atoms with E-state index in [0.29, 0.717) is 18.3 Å². The fourth-order valence-electron chi connectivity index (χ4n) is 7.72. The van der Waals surface area contributed by atoms with E-state index in [1.54, 1.807) is 0 Å². The topological polar surface area (TPSA) is 77.8 Å². The first-order chi connectivity index (χ1) is 14.0. The highest BCUT2D eigenvalue weighted by atomic mass is 32.2. The van der Waals surface area contributed by atoms with E-state index in [-0.39, 0.29) is 29.2 Å². The molecule has 5 nitrogen and oxygen atoms in total. The van der Waals surface area contributed by atoms with Crippen molar-refractivity contribution in [3.8, 4) is 0 Å². The Bertz CT molecular complexity index is 731. The van der Waals surface area contributed by atoms with Gasteiger partial charge in [-0.15, -0.1) is 0 Å². The highest BCUT2D eigenvalue weighted by Gasteiger charge is 2.69. The van der Waals surface area contributed by atoms with Crippen LogP contribution in [0, 0.1) is 28.6 Å². The summed E-state index contributed by atoms with van der Waals surface area (Å²) in [4.78, 5) is 0. The summed E-state index contributed by atoms with van der Waals surface area (Å²) < 4.78 is 30.2. The van der Waals surface area contributed by atoms with Gasteiger partial charge in [0.2, 0.25) is 10.0 Å². The van der Waals surface area contributed by atoms with Crippen LogP contribution in [0.1, 0.15) is 91.9 Å². The lowest BCUT2D eigenvalue weighted by Crippen LogP contribution is -2.55. The van der Waals surface area contributed by atoms with Crippen LogP contribution in [0.3, 0.4) is 0 Å². The maximum absolute atomic E-state index is 14.1. The Morgan fingerprint density at radius 2 is 1.57 bits per heavy atom. The quantitative estimate of drug-likeness (QED) is 0.677. The Morgan fingerprint density at radius 3 is 2.13 bits per heavy atom. The first-order valence-electron chi connectivity index (χ1n) is 12.4. The Labute approximate surface area is 183 Å². The van der Waals surface area contributed by atoms with Gasteiger partial charge in [0, 0.05) is 17.5 Å². The molecule has 4 rings (SSSR count). The van der Waals surface area contributed by atoms with E-state index in [9.17, 15) is 18.6 Å². The van der Waals surface area contributed by atoms with Gasteiger partial charge in [-0.2, -0.15) is 4.31 Å². The van der Waals surface area contributed by atoms with Crippen molar-refractivity contribution in [2.45, 2.75) is 116 Å². The summed E-state index contributed by atoms with van der Waals surface area (Å²) in [5.74, 6) is 1.16. The van der Waals surface area contributed by atoms with E-state index >= 15 is 0 Å². The van der Waals surface area contributed by atoms with Crippen LogP contribution in [-0.2, 0) is 10.0 Å². The molecule has 174 valence electrons. The molecule has 6 heteroatoms. The van der Waals surface area contributed by atoms with E-state index in [1.165, 1.54) is 6.42 Å². The molecular weight excluding hydrogens is 398 g/mol. The largest absolute Gasteiger partial charge is 0.390 e. The molecule has 4 aliphatic carbocycles. The van der Waals surface area contributed by atoms with Gasteiger partial charge in [-0.3, -0.25) is 0 Å². The average Bonchev–Trinajstić information content (AvgIpc) is 3.00. The van der Waals surface area contributed by atoms with Crippen molar-refractivity contribution < 1.29 is 18.6 Å². The SMILES string of the molecule is CC1CCC(N(C2CCCCC2)S(=O)(=O)CC23CCC(C(O)C2O)C3(C)C)CC1C. The zero-order valence-electron chi connectivity index (χ0n) is 19.4. The summed E-state index contributed by atoms with van der Waals surface area (Å²) in [7, 11) is -3.55. The van der Waals surface area contributed by atoms with Gasteiger partial charge >= 0.3 is 0 Å². The molecule has 4 saturated carbocycles. The van der Waals surface area contributed by atoms with Crippen LogP contribution in [0.4, 0.5) is 0 Å². The van der Waals surface area contributed by atoms with Gasteiger partial charge in [-0.25, -0.2) is 8.42 Å². The number of sulfonamides is 1. The second kappa shape index (κ2) is 8.00. The van der Waals surface area contributed by atoms with Gasteiger partial charge in [0.15, 0.2) is 0 Å². The number of hydrogen-bond acceptors (Lipinski definition) is 4. The molecule has 4 fully saturated rings. The van der Waals surface area contributed by atoms with Gasteiger partial charge in [-0.1, -0.05) is 47.0 Å². The highest BCUT2D eigenvalue weighted by molar-refractivity contribution is 7.89. The molecule has 0 aliphatic heterocycles. The van der Waals surface area contributed by atoms with Crippen molar-refractivity contribution in [2.75, 3.05) is 5.75 Å². The van der Waals surface area contributed by atoms with E-state index < -0.39 is 27.6 Å². The number of aliphatic hydroxyl groups excluding tert-OH is 2. The van der Waals surface area contributed by atoms with Crippen LogP contribution in [-0.4, -0.2) is 53.0 Å². The third kappa shape index (κ3) is 3.48. The smallest absolute Gasteiger partial charge is 0.215 e. The predicted molar refractivity (Wildman–Crippen MR) is 119 cm³/mol. The molecule has 2 N–H and O–H groups in total. The monoisotopic (exact) mass is 441 g/mol. The van der Waals surface area contributed by atoms with Crippen LogP contribution in [0.5, 0.6) is 0 Å². The summed E-state index contributed by atoms with van der Waals surface area (Å²) in [6.07, 6.45) is 8.07. The summed E-state index contributed by atoms with van der Waals surface area (Å²) in [5.41, 5.74) is -1.11. The molecule has 0 aromatic heterocycles. The van der Waals surface area contributed by atoms with Gasteiger partial charge in [0.1, 0.15) is 0 Å². The van der Waals surface area contributed by atoms with Crippen molar-refractivity contribution in [3.05, 3.63) is 0 Å². The molecule has 7 unspecified atom stereocenters. The van der Waals surface area contributed by atoms with Crippen molar-refractivity contribution in [2.24, 2.45) is 28.6 Å². The molecule has 7 atom stereocenters. The standard InChI is InChI=1S/C24H43NO4S/c1-16-10-11-19(14-17(16)2)25(18-8-6-5-7-9-18)30(28,29)15-24-13-12-20(23(24,3)4)21(26)22(24)27/h16-22,26-27H,5-15H2,1-4H3. The van der Waals surface area contributed by atoms with E-state index in [0.717, 1.165) is 51.4 Å². The number of rotatable bonds is 5. The fourth-order valence-corrected chi connectivity index (χ4v) is 10.5. The zero-order valence-corrected chi connectivity index (χ0v) is 20.2. The lowest BCUT2D eigenvalue weighted by atomic mass is 9.70. The van der Waals surface area contributed by atoms with Crippen molar-refractivity contribution >= 4 is 10.0 Å². The normalized spacial score (nSPS) is 44.6. The average molecular weight is 442 g/mol. The minimum atomic E-state index is -3.55. The van der Waals surface area contributed by atoms with Crippen LogP contribution in [0.25, 0.3) is 0 Å². The third-order valence-electron chi connectivity index (χ3n) is 10.0. The van der Waals surface area contributed by atoms with E-state index in [2.05, 4.69) is 27.7 Å². The summed E-state index contributed by atoms with van der Waals surface area (Å²) in [5, 5.41) is 21.6. The Kier molecular flexibility index (Phi) is 6.13. The Balaban J connectivity index is 1.66. The zero-order chi connectivity index (χ0) is 21.9. The molecule has 0 amide bonds. The second-order valence-electron chi connectivity index (χ2n) is 11.8. The molecule has 0 spiro atoms. The molecule has 30 heavy (non-hydrogen) atoms. The lowest BCUT2D eigenvalue weighted by Gasteiger charge is -2.46. The van der Waals surface area contributed by atoms with Gasteiger partial charge in [0.05, 0.1) is 18.0 Å². The Hall–Kier alpha value is -0.170. The molecule has 0 aromatic carbocycles. The van der Waals surface area contributed by atoms with Crippen molar-refractivity contribution in [1.82, 2.24) is 4.31 Å². The minimum absolute atomic E-state index is 0.0126. The number of hydrogen-bond donors (Lipinski definition) is 2. The van der Waals surface area contributed by atoms with Crippen LogP contribution >= 0.6 is 0 Å². The fraction of sp³-hybridized carbons (Fsp3) is 1.00. The van der Waals surface area contributed by atoms with Crippen LogP contribution in [0.2, 0.25) is 0 Å². The van der Waals surface area contributed by atoms with Gasteiger partial charge < -0.3 is 10.2 Å². The molecular formula is C24H43NO4S. The Morgan fingerprint density at radius 1 is 0.900 bits per heavy atom. The summed E-state index contributed by atoms with van der Waals surface area (Å²) >= 11 is 0. The summed E-state index contributed by atoms with van der Waals surface area (Å²) in [6, 6.07) is 0.194. The van der Waals surface area contributed by atoms with Gasteiger partial charge in [-0.05, 0) is 68.1 Å². The number of aliphatic hydroxyl groups is 2. The van der Waals surface area contributed by atoms with Gasteiger partial charge in [0.25, 0.3) is 0 Å². The van der Waals surface area contributed by atoms with Crippen LogP contribution in [0.15, 0.2) is 0 Å². The van der Waals surface area contributed by atoms with Crippen molar-refractivity contribution in [1.29, 1.82) is 0 Å². The maximum atomic E-state index is 14.1. The van der Waals surface area contributed by atoms with E-state index in [1.807, 2.05) is 4.31 Å². The summed E-state index contributed by atoms with van der Waals surface area (Å²) in [6.45, 7) is 8.68. The minimum Gasteiger partial charge on any atom is -0.390 e. The van der Waals surface area contributed by atoms with Crippen molar-refractivity contribution in [3.63, 3.8) is 0 Å². The predicted octanol–water partition coefficient (Wildman–Crippen LogP) is 3.93. The van der Waals surface area contributed by atoms with Crippen LogP contribution < -0.4 is 0 Å². The second-order valence-corrected chi connectivity index (χ2v) is 13.6. The lowest BCUT2D eigenvalue weighted by molar-refractivity contribution is -0.0499. The molecule has 0 radical (unpaired) electrons.